The summed E-state index contributed by atoms with van der Waals surface area (Å²) >= 11 is 9.77. The largest absolute Gasteiger partial charge is 0.467 e. The first-order valence-electron chi connectivity index (χ1n) is 5.42. The molecule has 0 heterocycles. The summed E-state index contributed by atoms with van der Waals surface area (Å²) in [4.78, 5) is 0. The smallest absolute Gasteiger partial charge is 0.189 e. The second-order valence-corrected chi connectivity index (χ2v) is 5.09. The van der Waals surface area contributed by atoms with Gasteiger partial charge in [-0.2, -0.15) is 0 Å². The summed E-state index contributed by atoms with van der Waals surface area (Å²) in [7, 11) is 0. The maximum absolute atomic E-state index is 6.23. The van der Waals surface area contributed by atoms with Crippen molar-refractivity contribution >= 4 is 27.5 Å². The molecule has 1 aromatic carbocycles. The molecule has 0 aliphatic heterocycles. The van der Waals surface area contributed by atoms with Crippen molar-refractivity contribution in [3.63, 3.8) is 0 Å². The van der Waals surface area contributed by atoms with E-state index >= 15 is 0 Å². The van der Waals surface area contributed by atoms with Crippen LogP contribution in [0.15, 0.2) is 16.6 Å². The van der Waals surface area contributed by atoms with Crippen LogP contribution in [0.25, 0.3) is 0 Å². The van der Waals surface area contributed by atoms with Gasteiger partial charge in [-0.05, 0) is 43.4 Å². The Hall–Kier alpha value is -0.250. The van der Waals surface area contributed by atoms with Crippen LogP contribution in [-0.4, -0.2) is 13.4 Å². The zero-order valence-corrected chi connectivity index (χ0v) is 11.5. The van der Waals surface area contributed by atoms with E-state index in [1.54, 1.807) is 0 Å². The molecular formula is C12H14BrClO2. The molecule has 0 atom stereocenters. The van der Waals surface area contributed by atoms with E-state index in [1.165, 1.54) is 18.4 Å². The standard InChI is InChI=1S/C12H14BrClO2/c1-2-15-7-16-9-5-10(13)12(8-3-4-8)11(14)6-9/h5-6,8H,2-4,7H2,1H3. The van der Waals surface area contributed by atoms with Crippen molar-refractivity contribution in [1.29, 1.82) is 0 Å². The van der Waals surface area contributed by atoms with E-state index in [2.05, 4.69) is 15.9 Å². The first kappa shape index (κ1) is 12.2. The SMILES string of the molecule is CCOCOc1cc(Cl)c(C2CC2)c(Br)c1. The fourth-order valence-electron chi connectivity index (χ4n) is 1.60. The second-order valence-electron chi connectivity index (χ2n) is 3.83. The Balaban J connectivity index is 2.10. The summed E-state index contributed by atoms with van der Waals surface area (Å²) in [6.45, 7) is 2.85. The van der Waals surface area contributed by atoms with E-state index in [1.807, 2.05) is 19.1 Å². The van der Waals surface area contributed by atoms with Crippen LogP contribution in [0.3, 0.4) is 0 Å². The van der Waals surface area contributed by atoms with E-state index in [0.717, 1.165) is 15.2 Å². The van der Waals surface area contributed by atoms with E-state index in [9.17, 15) is 0 Å². The Labute approximate surface area is 109 Å². The predicted molar refractivity (Wildman–Crippen MR) is 68.2 cm³/mol. The third-order valence-corrected chi connectivity index (χ3v) is 3.52. The average molecular weight is 306 g/mol. The highest BCUT2D eigenvalue weighted by Gasteiger charge is 2.28. The summed E-state index contributed by atoms with van der Waals surface area (Å²) in [5, 5.41) is 0.781. The fourth-order valence-corrected chi connectivity index (χ4v) is 2.84. The Bertz CT molecular complexity index is 354. The van der Waals surface area contributed by atoms with Crippen molar-refractivity contribution < 1.29 is 9.47 Å². The minimum atomic E-state index is 0.266. The minimum Gasteiger partial charge on any atom is -0.467 e. The molecule has 0 unspecified atom stereocenters. The lowest BCUT2D eigenvalue weighted by Crippen LogP contribution is -2.02. The van der Waals surface area contributed by atoms with E-state index in [0.29, 0.717) is 12.5 Å². The molecule has 0 N–H and O–H groups in total. The zero-order chi connectivity index (χ0) is 11.5. The van der Waals surface area contributed by atoms with Crippen LogP contribution in [0.2, 0.25) is 5.02 Å². The van der Waals surface area contributed by atoms with Crippen molar-refractivity contribution in [2.75, 3.05) is 13.4 Å². The highest BCUT2D eigenvalue weighted by Crippen LogP contribution is 2.47. The number of rotatable bonds is 5. The van der Waals surface area contributed by atoms with Crippen molar-refractivity contribution in [1.82, 2.24) is 0 Å². The highest BCUT2D eigenvalue weighted by molar-refractivity contribution is 9.10. The summed E-state index contributed by atoms with van der Waals surface area (Å²) in [5.74, 6) is 1.37. The second kappa shape index (κ2) is 5.39. The molecule has 0 saturated heterocycles. The van der Waals surface area contributed by atoms with Crippen molar-refractivity contribution in [3.05, 3.63) is 27.2 Å². The summed E-state index contributed by atoms with van der Waals surface area (Å²) < 4.78 is 11.6. The molecule has 0 amide bonds. The fraction of sp³-hybridized carbons (Fsp3) is 0.500. The molecule has 0 bridgehead atoms. The van der Waals surface area contributed by atoms with E-state index < -0.39 is 0 Å². The number of hydrogen-bond donors (Lipinski definition) is 0. The number of halogens is 2. The van der Waals surface area contributed by atoms with E-state index in [4.69, 9.17) is 21.1 Å². The van der Waals surface area contributed by atoms with Crippen LogP contribution < -0.4 is 4.74 Å². The Kier molecular flexibility index (Phi) is 4.11. The van der Waals surface area contributed by atoms with Crippen LogP contribution in [0, 0.1) is 0 Å². The molecule has 1 saturated carbocycles. The zero-order valence-electron chi connectivity index (χ0n) is 9.13. The number of benzene rings is 1. The Morgan fingerprint density at radius 2 is 2.19 bits per heavy atom. The quantitative estimate of drug-likeness (QED) is 0.594. The molecule has 0 aromatic heterocycles. The molecular weight excluding hydrogens is 291 g/mol. The van der Waals surface area contributed by atoms with E-state index in [-0.39, 0.29) is 6.79 Å². The molecule has 0 spiro atoms. The van der Waals surface area contributed by atoms with Gasteiger partial charge in [0.25, 0.3) is 0 Å². The summed E-state index contributed by atoms with van der Waals surface area (Å²) in [6, 6.07) is 3.82. The van der Waals surface area contributed by atoms with Gasteiger partial charge in [0.2, 0.25) is 0 Å². The molecule has 1 aromatic rings. The summed E-state index contributed by atoms with van der Waals surface area (Å²) in [6.07, 6.45) is 2.47. The first-order chi connectivity index (χ1) is 7.72. The van der Waals surface area contributed by atoms with Gasteiger partial charge in [0, 0.05) is 16.1 Å². The van der Waals surface area contributed by atoms with Crippen molar-refractivity contribution in [2.24, 2.45) is 0 Å². The van der Waals surface area contributed by atoms with Crippen LogP contribution >= 0.6 is 27.5 Å². The van der Waals surface area contributed by atoms with Crippen molar-refractivity contribution in [3.8, 4) is 5.75 Å². The third kappa shape index (κ3) is 2.90. The molecule has 4 heteroatoms. The molecule has 16 heavy (non-hydrogen) atoms. The first-order valence-corrected chi connectivity index (χ1v) is 6.59. The van der Waals surface area contributed by atoms with Crippen LogP contribution in [-0.2, 0) is 4.74 Å². The van der Waals surface area contributed by atoms with Gasteiger partial charge < -0.3 is 9.47 Å². The third-order valence-electron chi connectivity index (χ3n) is 2.55. The van der Waals surface area contributed by atoms with Gasteiger partial charge in [-0.25, -0.2) is 0 Å². The van der Waals surface area contributed by atoms with Crippen LogP contribution in [0.1, 0.15) is 31.2 Å². The maximum Gasteiger partial charge on any atom is 0.189 e. The monoisotopic (exact) mass is 304 g/mol. The van der Waals surface area contributed by atoms with Crippen molar-refractivity contribution in [2.45, 2.75) is 25.7 Å². The van der Waals surface area contributed by atoms with Crippen LogP contribution in [0.4, 0.5) is 0 Å². The lowest BCUT2D eigenvalue weighted by atomic mass is 10.1. The Morgan fingerprint density at radius 3 is 2.75 bits per heavy atom. The minimum absolute atomic E-state index is 0.266. The topological polar surface area (TPSA) is 18.5 Å². The lowest BCUT2D eigenvalue weighted by Gasteiger charge is -2.10. The summed E-state index contributed by atoms with van der Waals surface area (Å²) in [5.41, 5.74) is 1.21. The van der Waals surface area contributed by atoms with Crippen LogP contribution in [0.5, 0.6) is 5.75 Å². The predicted octanol–water partition coefficient (Wildman–Crippen LogP) is 4.35. The van der Waals surface area contributed by atoms with Gasteiger partial charge in [-0.15, -0.1) is 0 Å². The molecule has 2 rings (SSSR count). The molecule has 2 nitrogen and oxygen atoms in total. The average Bonchev–Trinajstić information content (AvgIpc) is 3.01. The normalized spacial score (nSPS) is 15.2. The number of ether oxygens (including phenoxy) is 2. The Morgan fingerprint density at radius 1 is 1.44 bits per heavy atom. The van der Waals surface area contributed by atoms with Gasteiger partial charge in [-0.3, -0.25) is 0 Å². The molecule has 0 radical (unpaired) electrons. The van der Waals surface area contributed by atoms with Gasteiger partial charge in [0.05, 0.1) is 0 Å². The van der Waals surface area contributed by atoms with Gasteiger partial charge >= 0.3 is 0 Å². The van der Waals surface area contributed by atoms with Gasteiger partial charge in [-0.1, -0.05) is 27.5 Å². The molecule has 1 fully saturated rings. The molecule has 88 valence electrons. The molecule has 1 aliphatic carbocycles. The maximum atomic E-state index is 6.23. The highest BCUT2D eigenvalue weighted by atomic mass is 79.9. The van der Waals surface area contributed by atoms with Gasteiger partial charge in [0.15, 0.2) is 6.79 Å². The molecule has 1 aliphatic rings. The number of hydrogen-bond acceptors (Lipinski definition) is 2. The van der Waals surface area contributed by atoms with Gasteiger partial charge in [0.1, 0.15) is 5.75 Å². The lowest BCUT2D eigenvalue weighted by molar-refractivity contribution is 0.0224.